The quantitative estimate of drug-likeness (QED) is 0.599. The lowest BCUT2D eigenvalue weighted by Gasteiger charge is -2.21. The number of nitrogens with two attached hydrogens (primary N) is 1. The third kappa shape index (κ3) is 2.63. The Labute approximate surface area is 106 Å². The van der Waals surface area contributed by atoms with E-state index in [-0.39, 0.29) is 11.1 Å². The summed E-state index contributed by atoms with van der Waals surface area (Å²) in [7, 11) is 0. The number of aliphatic hydroxyl groups is 2. The summed E-state index contributed by atoms with van der Waals surface area (Å²) >= 11 is 0. The zero-order valence-corrected chi connectivity index (χ0v) is 10.6. The van der Waals surface area contributed by atoms with Crippen LogP contribution in [0.4, 0.5) is 5.69 Å². The number of benzene rings is 1. The molecule has 2 unspecified atom stereocenters. The van der Waals surface area contributed by atoms with Gasteiger partial charge in [0.1, 0.15) is 0 Å². The van der Waals surface area contributed by atoms with Gasteiger partial charge in [0.2, 0.25) is 0 Å². The molecule has 0 aliphatic rings. The molecule has 0 spiro atoms. The van der Waals surface area contributed by atoms with Crippen LogP contribution in [-0.2, 0) is 0 Å². The molecule has 1 rings (SSSR count). The van der Waals surface area contributed by atoms with E-state index in [1.54, 1.807) is 13.8 Å². The first-order valence-electron chi connectivity index (χ1n) is 5.95. The van der Waals surface area contributed by atoms with Crippen molar-refractivity contribution in [1.29, 1.82) is 0 Å². The third-order valence-electron chi connectivity index (χ3n) is 2.99. The van der Waals surface area contributed by atoms with Gasteiger partial charge in [0.15, 0.2) is 0 Å². The highest BCUT2D eigenvalue weighted by Gasteiger charge is 2.24. The number of aromatic carboxylic acids is 1. The van der Waals surface area contributed by atoms with Crippen LogP contribution in [0.25, 0.3) is 0 Å². The second-order valence-corrected chi connectivity index (χ2v) is 4.18. The lowest BCUT2D eigenvalue weighted by molar-refractivity contribution is 0.0687. The first kappa shape index (κ1) is 14.5. The Morgan fingerprint density at radius 2 is 1.67 bits per heavy atom. The van der Waals surface area contributed by atoms with E-state index >= 15 is 0 Å². The molecule has 5 heteroatoms. The van der Waals surface area contributed by atoms with Crippen molar-refractivity contribution in [1.82, 2.24) is 0 Å². The Hall–Kier alpha value is -1.59. The van der Waals surface area contributed by atoms with E-state index < -0.39 is 18.2 Å². The first-order valence-corrected chi connectivity index (χ1v) is 5.95. The number of nitrogen functional groups attached to an aromatic ring is 1. The van der Waals surface area contributed by atoms with Gasteiger partial charge in [-0.15, -0.1) is 0 Å². The van der Waals surface area contributed by atoms with Crippen LogP contribution in [-0.4, -0.2) is 21.3 Å². The number of anilines is 1. The van der Waals surface area contributed by atoms with Crippen LogP contribution < -0.4 is 5.73 Å². The molecule has 0 aliphatic carbocycles. The second kappa shape index (κ2) is 5.84. The van der Waals surface area contributed by atoms with Gasteiger partial charge in [-0.25, -0.2) is 4.79 Å². The standard InChI is InChI=1S/C13H19NO4/c1-3-9(15)11-7(13(17)18)5-6-8(14)12(11)10(16)4-2/h5-6,9-10,15-16H,3-4,14H2,1-2H3,(H,17,18). The van der Waals surface area contributed by atoms with Gasteiger partial charge < -0.3 is 21.1 Å². The summed E-state index contributed by atoms with van der Waals surface area (Å²) in [5.74, 6) is -1.14. The van der Waals surface area contributed by atoms with E-state index in [1.165, 1.54) is 12.1 Å². The number of rotatable bonds is 5. The molecule has 0 aromatic heterocycles. The molecule has 0 saturated carbocycles. The van der Waals surface area contributed by atoms with Gasteiger partial charge in [-0.1, -0.05) is 13.8 Å². The van der Waals surface area contributed by atoms with Crippen LogP contribution in [0.1, 0.15) is 60.4 Å². The van der Waals surface area contributed by atoms with Crippen LogP contribution in [0.5, 0.6) is 0 Å². The highest BCUT2D eigenvalue weighted by molar-refractivity contribution is 5.91. The molecule has 2 atom stereocenters. The summed E-state index contributed by atoms with van der Waals surface area (Å²) in [6.45, 7) is 3.50. The van der Waals surface area contributed by atoms with Gasteiger partial charge in [-0.05, 0) is 25.0 Å². The van der Waals surface area contributed by atoms with Gasteiger partial charge in [0.05, 0.1) is 17.8 Å². The summed E-state index contributed by atoms with van der Waals surface area (Å²) in [6, 6.07) is 2.81. The fourth-order valence-corrected chi connectivity index (χ4v) is 1.98. The summed E-state index contributed by atoms with van der Waals surface area (Å²) in [5, 5.41) is 29.1. The molecule has 18 heavy (non-hydrogen) atoms. The van der Waals surface area contributed by atoms with Crippen molar-refractivity contribution in [2.75, 3.05) is 5.73 Å². The fourth-order valence-electron chi connectivity index (χ4n) is 1.98. The van der Waals surface area contributed by atoms with Crippen LogP contribution in [0, 0.1) is 0 Å². The molecule has 5 nitrogen and oxygen atoms in total. The first-order chi connectivity index (χ1) is 8.43. The van der Waals surface area contributed by atoms with Crippen LogP contribution >= 0.6 is 0 Å². The molecule has 0 heterocycles. The van der Waals surface area contributed by atoms with Crippen molar-refractivity contribution in [2.24, 2.45) is 0 Å². The summed E-state index contributed by atoms with van der Waals surface area (Å²) in [5.41, 5.74) is 6.63. The molecule has 0 fully saturated rings. The van der Waals surface area contributed by atoms with E-state index in [0.717, 1.165) is 0 Å². The highest BCUT2D eigenvalue weighted by Crippen LogP contribution is 2.34. The van der Waals surface area contributed by atoms with Crippen molar-refractivity contribution in [3.05, 3.63) is 28.8 Å². The summed E-state index contributed by atoms with van der Waals surface area (Å²) in [4.78, 5) is 11.2. The minimum atomic E-state index is -1.14. The van der Waals surface area contributed by atoms with Crippen LogP contribution in [0.3, 0.4) is 0 Å². The van der Waals surface area contributed by atoms with Gasteiger partial charge in [-0.3, -0.25) is 0 Å². The topological polar surface area (TPSA) is 104 Å². The van der Waals surface area contributed by atoms with Gasteiger partial charge in [0.25, 0.3) is 0 Å². The lowest BCUT2D eigenvalue weighted by atomic mass is 9.90. The zero-order chi connectivity index (χ0) is 13.9. The Kier molecular flexibility index (Phi) is 4.69. The Balaban J connectivity index is 3.55. The number of carboxylic acid groups (broad SMARTS) is 1. The van der Waals surface area contributed by atoms with Crippen molar-refractivity contribution < 1.29 is 20.1 Å². The van der Waals surface area contributed by atoms with Crippen LogP contribution in [0.2, 0.25) is 0 Å². The number of carbonyl (C=O) groups is 1. The molecule has 0 radical (unpaired) electrons. The number of hydrogen-bond donors (Lipinski definition) is 4. The van der Waals surface area contributed by atoms with Crippen molar-refractivity contribution >= 4 is 11.7 Å². The Bertz CT molecular complexity index is 445. The van der Waals surface area contributed by atoms with Gasteiger partial charge >= 0.3 is 5.97 Å². The molecule has 100 valence electrons. The smallest absolute Gasteiger partial charge is 0.336 e. The number of carboxylic acids is 1. The molecule has 1 aromatic carbocycles. The lowest BCUT2D eigenvalue weighted by Crippen LogP contribution is -2.14. The van der Waals surface area contributed by atoms with E-state index in [1.807, 2.05) is 0 Å². The molecule has 5 N–H and O–H groups in total. The van der Waals surface area contributed by atoms with E-state index in [9.17, 15) is 15.0 Å². The predicted octanol–water partition coefficient (Wildman–Crippen LogP) is 1.85. The van der Waals surface area contributed by atoms with Gasteiger partial charge in [0, 0.05) is 16.8 Å². The maximum Gasteiger partial charge on any atom is 0.336 e. The Morgan fingerprint density at radius 3 is 2.11 bits per heavy atom. The van der Waals surface area contributed by atoms with Crippen molar-refractivity contribution in [3.8, 4) is 0 Å². The van der Waals surface area contributed by atoms with E-state index in [4.69, 9.17) is 10.8 Å². The largest absolute Gasteiger partial charge is 0.478 e. The predicted molar refractivity (Wildman–Crippen MR) is 68.3 cm³/mol. The average Bonchev–Trinajstić information content (AvgIpc) is 2.36. The van der Waals surface area contributed by atoms with E-state index in [2.05, 4.69) is 0 Å². The molecule has 0 saturated heterocycles. The summed E-state index contributed by atoms with van der Waals surface area (Å²) in [6.07, 6.45) is -1.07. The monoisotopic (exact) mass is 253 g/mol. The summed E-state index contributed by atoms with van der Waals surface area (Å²) < 4.78 is 0. The highest BCUT2D eigenvalue weighted by atomic mass is 16.4. The van der Waals surface area contributed by atoms with Crippen LogP contribution in [0.15, 0.2) is 12.1 Å². The second-order valence-electron chi connectivity index (χ2n) is 4.18. The molecule has 1 aromatic rings. The molecule has 0 aliphatic heterocycles. The minimum absolute atomic E-state index is 0.0129. The minimum Gasteiger partial charge on any atom is -0.478 e. The SMILES string of the molecule is CCC(O)c1c(N)ccc(C(=O)O)c1C(O)CC. The van der Waals surface area contributed by atoms with Crippen molar-refractivity contribution in [2.45, 2.75) is 38.9 Å². The van der Waals surface area contributed by atoms with Crippen molar-refractivity contribution in [3.63, 3.8) is 0 Å². The average molecular weight is 253 g/mol. The maximum atomic E-state index is 11.2. The third-order valence-corrected chi connectivity index (χ3v) is 2.99. The molecular weight excluding hydrogens is 234 g/mol. The fraction of sp³-hybridized carbons (Fsp3) is 0.462. The Morgan fingerprint density at radius 1 is 1.17 bits per heavy atom. The van der Waals surface area contributed by atoms with Gasteiger partial charge in [-0.2, -0.15) is 0 Å². The number of hydrogen-bond acceptors (Lipinski definition) is 4. The molecule has 0 bridgehead atoms. The maximum absolute atomic E-state index is 11.2. The normalized spacial score (nSPS) is 14.2. The molecule has 0 amide bonds. The van der Waals surface area contributed by atoms with E-state index in [0.29, 0.717) is 24.1 Å². The zero-order valence-electron chi connectivity index (χ0n) is 10.6. The number of aliphatic hydroxyl groups excluding tert-OH is 2. The molecular formula is C13H19NO4.